The van der Waals surface area contributed by atoms with Crippen molar-refractivity contribution in [1.29, 1.82) is 0 Å². The standard InChI is InChI=1S/C13H11F3N2O3/c1-2-18-10(11(19)20)7-17-12(18)21-9-5-3-4-8(6-9)13(14,15)16/h3-7H,2H2,1H3,(H,19,20). The molecule has 8 heteroatoms. The molecule has 0 fully saturated rings. The Kier molecular flexibility index (Phi) is 3.88. The van der Waals surface area contributed by atoms with Crippen LogP contribution in [0.3, 0.4) is 0 Å². The Labute approximate surface area is 117 Å². The van der Waals surface area contributed by atoms with Crippen molar-refractivity contribution >= 4 is 5.97 Å². The van der Waals surface area contributed by atoms with Crippen LogP contribution in [0.25, 0.3) is 0 Å². The first-order chi connectivity index (χ1) is 9.82. The molecule has 5 nitrogen and oxygen atoms in total. The lowest BCUT2D eigenvalue weighted by atomic mass is 10.2. The minimum Gasteiger partial charge on any atom is -0.477 e. The zero-order chi connectivity index (χ0) is 15.6. The van der Waals surface area contributed by atoms with E-state index in [4.69, 9.17) is 9.84 Å². The topological polar surface area (TPSA) is 64.4 Å². The monoisotopic (exact) mass is 300 g/mol. The summed E-state index contributed by atoms with van der Waals surface area (Å²) in [5.74, 6) is -1.26. The van der Waals surface area contributed by atoms with E-state index in [1.165, 1.54) is 16.7 Å². The summed E-state index contributed by atoms with van der Waals surface area (Å²) in [5, 5.41) is 8.96. The number of carbonyl (C=O) groups is 1. The number of hydrogen-bond acceptors (Lipinski definition) is 3. The fourth-order valence-corrected chi connectivity index (χ4v) is 1.76. The van der Waals surface area contributed by atoms with Gasteiger partial charge in [-0.3, -0.25) is 4.57 Å². The Morgan fingerprint density at radius 3 is 2.71 bits per heavy atom. The SMILES string of the molecule is CCn1c(C(=O)O)cnc1Oc1cccc(C(F)(F)F)c1. The highest BCUT2D eigenvalue weighted by Gasteiger charge is 2.30. The van der Waals surface area contributed by atoms with Crippen LogP contribution in [0.2, 0.25) is 0 Å². The van der Waals surface area contributed by atoms with Crippen LogP contribution < -0.4 is 4.74 Å². The fourth-order valence-electron chi connectivity index (χ4n) is 1.76. The van der Waals surface area contributed by atoms with Crippen molar-refractivity contribution in [3.05, 3.63) is 41.7 Å². The van der Waals surface area contributed by atoms with Gasteiger partial charge in [-0.15, -0.1) is 0 Å². The summed E-state index contributed by atoms with van der Waals surface area (Å²) in [4.78, 5) is 14.7. The molecule has 1 aromatic heterocycles. The van der Waals surface area contributed by atoms with E-state index in [1.54, 1.807) is 6.92 Å². The minimum absolute atomic E-state index is 0.0675. The third-order valence-electron chi connectivity index (χ3n) is 2.72. The predicted octanol–water partition coefficient (Wildman–Crippen LogP) is 3.41. The molecule has 21 heavy (non-hydrogen) atoms. The van der Waals surface area contributed by atoms with Crippen molar-refractivity contribution in [2.75, 3.05) is 0 Å². The fraction of sp³-hybridized carbons (Fsp3) is 0.231. The zero-order valence-electron chi connectivity index (χ0n) is 10.9. The molecule has 0 saturated carbocycles. The molecule has 0 aliphatic heterocycles. The van der Waals surface area contributed by atoms with Crippen molar-refractivity contribution in [2.45, 2.75) is 19.6 Å². The first-order valence-corrected chi connectivity index (χ1v) is 5.97. The summed E-state index contributed by atoms with van der Waals surface area (Å²) in [6.45, 7) is 1.93. The maximum Gasteiger partial charge on any atom is 0.416 e. The van der Waals surface area contributed by atoms with Crippen LogP contribution in [-0.2, 0) is 12.7 Å². The second kappa shape index (κ2) is 5.47. The van der Waals surface area contributed by atoms with Gasteiger partial charge in [0, 0.05) is 6.54 Å². The Balaban J connectivity index is 2.33. The zero-order valence-corrected chi connectivity index (χ0v) is 10.9. The number of ether oxygens (including phenoxy) is 1. The first kappa shape index (κ1) is 14.9. The number of benzene rings is 1. The molecule has 0 unspecified atom stereocenters. The number of imidazole rings is 1. The van der Waals surface area contributed by atoms with E-state index in [2.05, 4.69) is 4.98 Å². The third kappa shape index (κ3) is 3.15. The molecule has 0 amide bonds. The Hall–Kier alpha value is -2.51. The van der Waals surface area contributed by atoms with Crippen LogP contribution >= 0.6 is 0 Å². The van der Waals surface area contributed by atoms with Gasteiger partial charge in [-0.2, -0.15) is 13.2 Å². The highest BCUT2D eigenvalue weighted by atomic mass is 19.4. The molecule has 1 aromatic carbocycles. The van der Waals surface area contributed by atoms with Crippen LogP contribution in [0.4, 0.5) is 13.2 Å². The molecule has 0 spiro atoms. The second-order valence-electron chi connectivity index (χ2n) is 4.10. The summed E-state index contributed by atoms with van der Waals surface area (Å²) >= 11 is 0. The maximum atomic E-state index is 12.6. The van der Waals surface area contributed by atoms with Crippen LogP contribution in [0.1, 0.15) is 23.0 Å². The average Bonchev–Trinajstić information content (AvgIpc) is 2.81. The largest absolute Gasteiger partial charge is 0.477 e. The summed E-state index contributed by atoms with van der Waals surface area (Å²) in [7, 11) is 0. The lowest BCUT2D eigenvalue weighted by molar-refractivity contribution is -0.137. The summed E-state index contributed by atoms with van der Waals surface area (Å²) in [6, 6.07) is 4.21. The van der Waals surface area contributed by atoms with Crippen molar-refractivity contribution in [2.24, 2.45) is 0 Å². The van der Waals surface area contributed by atoms with Gasteiger partial charge >= 0.3 is 18.2 Å². The molecule has 1 N–H and O–H groups in total. The molecule has 0 radical (unpaired) electrons. The van der Waals surface area contributed by atoms with Gasteiger partial charge in [0.15, 0.2) is 0 Å². The number of alkyl halides is 3. The normalized spacial score (nSPS) is 11.4. The van der Waals surface area contributed by atoms with Gasteiger partial charge in [0.05, 0.1) is 11.8 Å². The highest BCUT2D eigenvalue weighted by Crippen LogP contribution is 2.32. The van der Waals surface area contributed by atoms with E-state index in [-0.39, 0.29) is 24.0 Å². The van der Waals surface area contributed by atoms with Gasteiger partial charge < -0.3 is 9.84 Å². The molecule has 2 rings (SSSR count). The van der Waals surface area contributed by atoms with Gasteiger partial charge in [-0.05, 0) is 25.1 Å². The molecule has 0 bridgehead atoms. The summed E-state index contributed by atoms with van der Waals surface area (Å²) in [6.07, 6.45) is -3.39. The lowest BCUT2D eigenvalue weighted by Gasteiger charge is -2.10. The van der Waals surface area contributed by atoms with E-state index in [1.807, 2.05) is 0 Å². The van der Waals surface area contributed by atoms with Crippen molar-refractivity contribution in [3.63, 3.8) is 0 Å². The number of nitrogens with zero attached hydrogens (tertiary/aromatic N) is 2. The maximum absolute atomic E-state index is 12.6. The number of halogens is 3. The molecule has 0 saturated heterocycles. The van der Waals surface area contributed by atoms with Crippen LogP contribution in [-0.4, -0.2) is 20.6 Å². The number of aromatic carboxylic acids is 1. The lowest BCUT2D eigenvalue weighted by Crippen LogP contribution is -2.08. The number of aromatic nitrogens is 2. The third-order valence-corrected chi connectivity index (χ3v) is 2.72. The van der Waals surface area contributed by atoms with Gasteiger partial charge in [0.2, 0.25) is 0 Å². The Morgan fingerprint density at radius 2 is 2.14 bits per heavy atom. The van der Waals surface area contributed by atoms with Crippen molar-refractivity contribution in [3.8, 4) is 11.8 Å². The molecule has 2 aromatic rings. The molecule has 0 atom stereocenters. The van der Waals surface area contributed by atoms with Gasteiger partial charge in [0.1, 0.15) is 11.4 Å². The summed E-state index contributed by atoms with van der Waals surface area (Å²) < 4.78 is 44.3. The van der Waals surface area contributed by atoms with E-state index < -0.39 is 17.7 Å². The smallest absolute Gasteiger partial charge is 0.416 e. The van der Waals surface area contributed by atoms with Gasteiger partial charge in [-0.25, -0.2) is 9.78 Å². The molecule has 1 heterocycles. The Morgan fingerprint density at radius 1 is 1.43 bits per heavy atom. The van der Waals surface area contributed by atoms with E-state index in [0.29, 0.717) is 0 Å². The average molecular weight is 300 g/mol. The van der Waals surface area contributed by atoms with Gasteiger partial charge in [0.25, 0.3) is 0 Å². The quantitative estimate of drug-likeness (QED) is 0.939. The molecule has 0 aliphatic carbocycles. The molecular weight excluding hydrogens is 289 g/mol. The minimum atomic E-state index is -4.48. The van der Waals surface area contributed by atoms with Crippen LogP contribution in [0.5, 0.6) is 11.8 Å². The number of rotatable bonds is 4. The number of carboxylic acids is 1. The predicted molar refractivity (Wildman–Crippen MR) is 66.4 cm³/mol. The van der Waals surface area contributed by atoms with E-state index in [9.17, 15) is 18.0 Å². The summed E-state index contributed by atoms with van der Waals surface area (Å²) in [5.41, 5.74) is -0.951. The van der Waals surface area contributed by atoms with Crippen LogP contribution in [0.15, 0.2) is 30.5 Å². The first-order valence-electron chi connectivity index (χ1n) is 5.97. The number of carboxylic acid groups (broad SMARTS) is 1. The van der Waals surface area contributed by atoms with Crippen molar-refractivity contribution < 1.29 is 27.8 Å². The molecule has 112 valence electrons. The molecular formula is C13H11F3N2O3. The molecule has 0 aliphatic rings. The Bertz CT molecular complexity index is 665. The van der Waals surface area contributed by atoms with E-state index in [0.717, 1.165) is 18.3 Å². The van der Waals surface area contributed by atoms with Crippen molar-refractivity contribution in [1.82, 2.24) is 9.55 Å². The second-order valence-corrected chi connectivity index (χ2v) is 4.10. The van der Waals surface area contributed by atoms with E-state index >= 15 is 0 Å². The van der Waals surface area contributed by atoms with Gasteiger partial charge in [-0.1, -0.05) is 6.07 Å². The highest BCUT2D eigenvalue weighted by molar-refractivity contribution is 5.85. The van der Waals surface area contributed by atoms with Crippen LogP contribution in [0, 0.1) is 0 Å². The number of hydrogen-bond donors (Lipinski definition) is 1.